The van der Waals surface area contributed by atoms with Gasteiger partial charge in [-0.25, -0.2) is 10.8 Å². The smallest absolute Gasteiger partial charge is 0.309 e. The molecule has 0 aliphatic rings. The largest absolute Gasteiger partial charge is 0.416 e. The van der Waals surface area contributed by atoms with Crippen LogP contribution in [0.4, 0.5) is 19.1 Å². The number of hydrogen-bond acceptors (Lipinski definition) is 3. The molecule has 0 fully saturated rings. The second-order valence-electron chi connectivity index (χ2n) is 3.53. The molecule has 2 aromatic rings. The Morgan fingerprint density at radius 3 is 2.65 bits per heavy atom. The highest BCUT2D eigenvalue weighted by Gasteiger charge is 2.31. The maximum absolute atomic E-state index is 12.6. The number of alkyl halides is 3. The minimum absolute atomic E-state index is 0.349. The van der Waals surface area contributed by atoms with Crippen LogP contribution < -0.4 is 11.3 Å². The fraction of sp³-hybridized carbons (Fsp3) is 0.300. The van der Waals surface area contributed by atoms with Gasteiger partial charge in [0.15, 0.2) is 0 Å². The molecule has 0 amide bonds. The van der Waals surface area contributed by atoms with Crippen molar-refractivity contribution in [2.75, 3.05) is 5.43 Å². The van der Waals surface area contributed by atoms with Crippen LogP contribution in [-0.2, 0) is 12.7 Å². The molecule has 0 aliphatic carbocycles. The number of nitrogens with zero attached hydrogens (tertiary/aromatic N) is 2. The number of aryl methyl sites for hydroxylation is 1. The number of fused-ring (bicyclic) bond motifs is 1. The van der Waals surface area contributed by atoms with E-state index in [-0.39, 0.29) is 0 Å². The average molecular weight is 244 g/mol. The zero-order chi connectivity index (χ0) is 12.6. The lowest BCUT2D eigenvalue weighted by atomic mass is 10.2. The van der Waals surface area contributed by atoms with E-state index in [1.165, 1.54) is 6.07 Å². The van der Waals surface area contributed by atoms with Gasteiger partial charge in [0.05, 0.1) is 16.6 Å². The highest BCUT2D eigenvalue weighted by Crippen LogP contribution is 2.32. The first-order valence-corrected chi connectivity index (χ1v) is 5.01. The Balaban J connectivity index is 2.67. The molecule has 0 unspecified atom stereocenters. The Kier molecular flexibility index (Phi) is 2.70. The van der Waals surface area contributed by atoms with Crippen molar-refractivity contribution in [2.45, 2.75) is 19.6 Å². The topological polar surface area (TPSA) is 55.9 Å². The summed E-state index contributed by atoms with van der Waals surface area (Å²) < 4.78 is 39.3. The SMILES string of the molecule is CCn1c(NN)nc2ccc(C(F)(F)F)cc21. The molecule has 0 bridgehead atoms. The van der Waals surface area contributed by atoms with E-state index in [4.69, 9.17) is 5.84 Å². The maximum atomic E-state index is 12.6. The van der Waals surface area contributed by atoms with Crippen LogP contribution in [0.3, 0.4) is 0 Å². The van der Waals surface area contributed by atoms with Gasteiger partial charge in [-0.3, -0.25) is 5.43 Å². The Labute approximate surface area is 95.2 Å². The molecule has 0 aliphatic heterocycles. The summed E-state index contributed by atoms with van der Waals surface area (Å²) in [6, 6.07) is 3.42. The van der Waals surface area contributed by atoms with Crippen molar-refractivity contribution < 1.29 is 13.2 Å². The van der Waals surface area contributed by atoms with Gasteiger partial charge in [-0.05, 0) is 25.1 Å². The summed E-state index contributed by atoms with van der Waals surface area (Å²) in [7, 11) is 0. The Bertz CT molecular complexity index is 544. The summed E-state index contributed by atoms with van der Waals surface area (Å²) in [6.07, 6.45) is -4.35. The normalized spacial score (nSPS) is 12.1. The second-order valence-corrected chi connectivity index (χ2v) is 3.53. The first-order chi connectivity index (χ1) is 7.97. The molecule has 0 atom stereocenters. The first-order valence-electron chi connectivity index (χ1n) is 5.01. The monoisotopic (exact) mass is 244 g/mol. The van der Waals surface area contributed by atoms with Crippen molar-refractivity contribution in [3.05, 3.63) is 23.8 Å². The standard InChI is InChI=1S/C10H11F3N4/c1-2-17-8-5-6(10(11,12)13)3-4-7(8)15-9(17)16-14/h3-5H,2,14H2,1H3,(H,15,16). The van der Waals surface area contributed by atoms with Gasteiger partial charge >= 0.3 is 6.18 Å². The first kappa shape index (κ1) is 11.7. The van der Waals surface area contributed by atoms with E-state index in [0.717, 1.165) is 12.1 Å². The lowest BCUT2D eigenvalue weighted by Crippen LogP contribution is -2.12. The number of nitrogens with one attached hydrogen (secondary N) is 1. The molecule has 17 heavy (non-hydrogen) atoms. The van der Waals surface area contributed by atoms with Crippen LogP contribution >= 0.6 is 0 Å². The maximum Gasteiger partial charge on any atom is 0.416 e. The number of imidazole rings is 1. The van der Waals surface area contributed by atoms with E-state index in [2.05, 4.69) is 10.4 Å². The van der Waals surface area contributed by atoms with Gasteiger partial charge in [0.2, 0.25) is 5.95 Å². The van der Waals surface area contributed by atoms with E-state index >= 15 is 0 Å². The van der Waals surface area contributed by atoms with E-state index in [1.54, 1.807) is 4.57 Å². The lowest BCUT2D eigenvalue weighted by Gasteiger charge is -2.08. The van der Waals surface area contributed by atoms with Crippen molar-refractivity contribution in [1.29, 1.82) is 0 Å². The molecule has 0 spiro atoms. The molecule has 0 radical (unpaired) electrons. The molecule has 7 heteroatoms. The van der Waals surface area contributed by atoms with Gasteiger partial charge in [0, 0.05) is 6.54 Å². The Hall–Kier alpha value is -1.76. The van der Waals surface area contributed by atoms with Crippen LogP contribution in [0.15, 0.2) is 18.2 Å². The molecule has 0 saturated heterocycles. The molecule has 1 heterocycles. The second kappa shape index (κ2) is 3.92. The van der Waals surface area contributed by atoms with Crippen LogP contribution in [0.1, 0.15) is 12.5 Å². The summed E-state index contributed by atoms with van der Waals surface area (Å²) in [5.74, 6) is 5.61. The van der Waals surface area contributed by atoms with Gasteiger partial charge in [0.25, 0.3) is 0 Å². The summed E-state index contributed by atoms with van der Waals surface area (Å²) in [5, 5.41) is 0. The summed E-state index contributed by atoms with van der Waals surface area (Å²) in [5.41, 5.74) is 2.56. The van der Waals surface area contributed by atoms with Crippen molar-refractivity contribution >= 4 is 17.0 Å². The molecule has 0 saturated carbocycles. The summed E-state index contributed by atoms with van der Waals surface area (Å²) in [6.45, 7) is 2.29. The third kappa shape index (κ3) is 1.93. The number of halogens is 3. The molecular weight excluding hydrogens is 233 g/mol. The molecule has 4 nitrogen and oxygen atoms in total. The van der Waals surface area contributed by atoms with E-state index in [0.29, 0.717) is 23.5 Å². The highest BCUT2D eigenvalue weighted by molar-refractivity contribution is 5.79. The molecule has 1 aromatic heterocycles. The predicted octanol–water partition coefficient (Wildman–Crippen LogP) is 2.36. The fourth-order valence-electron chi connectivity index (χ4n) is 1.73. The Morgan fingerprint density at radius 1 is 1.41 bits per heavy atom. The van der Waals surface area contributed by atoms with Crippen LogP contribution in [-0.4, -0.2) is 9.55 Å². The van der Waals surface area contributed by atoms with Crippen molar-refractivity contribution in [3.63, 3.8) is 0 Å². The van der Waals surface area contributed by atoms with Crippen molar-refractivity contribution in [3.8, 4) is 0 Å². The zero-order valence-electron chi connectivity index (χ0n) is 9.04. The van der Waals surface area contributed by atoms with Crippen LogP contribution in [0.25, 0.3) is 11.0 Å². The van der Waals surface area contributed by atoms with Gasteiger partial charge < -0.3 is 4.57 Å². The zero-order valence-corrected chi connectivity index (χ0v) is 9.04. The van der Waals surface area contributed by atoms with Gasteiger partial charge in [-0.15, -0.1) is 0 Å². The minimum Gasteiger partial charge on any atom is -0.309 e. The number of hydrazine groups is 1. The predicted molar refractivity (Wildman–Crippen MR) is 58.2 cm³/mol. The fourth-order valence-corrected chi connectivity index (χ4v) is 1.73. The lowest BCUT2D eigenvalue weighted by molar-refractivity contribution is -0.137. The van der Waals surface area contributed by atoms with Gasteiger partial charge in [-0.1, -0.05) is 0 Å². The number of anilines is 1. The molecule has 2 rings (SSSR count). The van der Waals surface area contributed by atoms with Crippen molar-refractivity contribution in [1.82, 2.24) is 9.55 Å². The number of nitrogens with two attached hydrogens (primary N) is 1. The minimum atomic E-state index is -4.35. The third-order valence-electron chi connectivity index (χ3n) is 2.52. The number of benzene rings is 1. The Morgan fingerprint density at radius 2 is 2.12 bits per heavy atom. The molecular formula is C10H11F3N4. The molecule has 92 valence electrons. The van der Waals surface area contributed by atoms with Crippen LogP contribution in [0.2, 0.25) is 0 Å². The third-order valence-corrected chi connectivity index (χ3v) is 2.52. The van der Waals surface area contributed by atoms with Crippen LogP contribution in [0, 0.1) is 0 Å². The van der Waals surface area contributed by atoms with Gasteiger partial charge in [0.1, 0.15) is 0 Å². The summed E-state index contributed by atoms with van der Waals surface area (Å²) in [4.78, 5) is 4.08. The number of aromatic nitrogens is 2. The van der Waals surface area contributed by atoms with E-state index in [1.807, 2.05) is 6.92 Å². The summed E-state index contributed by atoms with van der Waals surface area (Å²) >= 11 is 0. The van der Waals surface area contributed by atoms with Crippen molar-refractivity contribution in [2.24, 2.45) is 5.84 Å². The average Bonchev–Trinajstić information content (AvgIpc) is 2.64. The van der Waals surface area contributed by atoms with Gasteiger partial charge in [-0.2, -0.15) is 13.2 Å². The number of rotatable bonds is 2. The van der Waals surface area contributed by atoms with E-state index in [9.17, 15) is 13.2 Å². The quantitative estimate of drug-likeness (QED) is 0.629. The number of hydrogen-bond donors (Lipinski definition) is 2. The van der Waals surface area contributed by atoms with Crippen LogP contribution in [0.5, 0.6) is 0 Å². The highest BCUT2D eigenvalue weighted by atomic mass is 19.4. The molecule has 1 aromatic carbocycles. The van der Waals surface area contributed by atoms with E-state index < -0.39 is 11.7 Å². The molecule has 3 N–H and O–H groups in total. The number of nitrogen functional groups attached to an aromatic ring is 1.